The minimum Gasteiger partial charge on any atom is -0.494 e. The number of methoxy groups -OCH3 is 4. The highest BCUT2D eigenvalue weighted by Gasteiger charge is 2.17. The molecule has 0 fully saturated rings. The first kappa shape index (κ1) is 24.6. The summed E-state index contributed by atoms with van der Waals surface area (Å²) in [5.74, 6) is 0.326. The molecular weight excluding hydrogens is 471 g/mol. The van der Waals surface area contributed by atoms with E-state index in [0.29, 0.717) is 22.9 Å². The molecular formula is C20H23FN6O6S. The summed E-state index contributed by atoms with van der Waals surface area (Å²) >= 11 is 0. The first-order valence-electron chi connectivity index (χ1n) is 9.53. The molecule has 0 aliphatic heterocycles. The number of para-hydroxylation sites is 1. The summed E-state index contributed by atoms with van der Waals surface area (Å²) in [4.78, 5) is 8.08. The first-order valence-corrected chi connectivity index (χ1v) is 11.1. The van der Waals surface area contributed by atoms with Crippen LogP contribution in [0.5, 0.6) is 23.0 Å². The van der Waals surface area contributed by atoms with Crippen LogP contribution in [0.2, 0.25) is 0 Å². The van der Waals surface area contributed by atoms with Gasteiger partial charge in [-0.05, 0) is 12.1 Å². The highest BCUT2D eigenvalue weighted by Crippen LogP contribution is 2.40. The standard InChI is InChI=1S/C20H23FN6O6S/c1-30-14-7-5-6-13(17(14)27-34(22,28)29)25-19-12(21)10-23-20(26-19)24-11-8-15(31-2)18(33-4)16(9-11)32-3/h5-10,27H,1-4H3,(H2,22,28,29)(H2,23,24,25,26). The molecule has 0 spiro atoms. The number of ether oxygens (including phenoxy) is 4. The molecule has 0 atom stereocenters. The third-order valence-electron chi connectivity index (χ3n) is 4.41. The van der Waals surface area contributed by atoms with E-state index in [2.05, 4.69) is 25.3 Å². The van der Waals surface area contributed by atoms with Crippen molar-refractivity contribution in [2.75, 3.05) is 43.8 Å². The third-order valence-corrected chi connectivity index (χ3v) is 4.90. The predicted octanol–water partition coefficient (Wildman–Crippen LogP) is 2.75. The fraction of sp³-hybridized carbons (Fsp3) is 0.200. The van der Waals surface area contributed by atoms with E-state index < -0.39 is 16.0 Å². The van der Waals surface area contributed by atoms with E-state index in [-0.39, 0.29) is 28.9 Å². The molecule has 0 saturated carbocycles. The molecule has 3 aromatic rings. The van der Waals surface area contributed by atoms with Gasteiger partial charge in [0, 0.05) is 17.8 Å². The molecule has 3 rings (SSSR count). The second-order valence-electron chi connectivity index (χ2n) is 6.58. The Bertz CT molecular complexity index is 1270. The summed E-state index contributed by atoms with van der Waals surface area (Å²) in [6, 6.07) is 7.81. The van der Waals surface area contributed by atoms with Gasteiger partial charge < -0.3 is 29.6 Å². The van der Waals surface area contributed by atoms with Crippen molar-refractivity contribution >= 4 is 39.0 Å². The van der Waals surface area contributed by atoms with E-state index in [4.69, 9.17) is 24.1 Å². The number of nitrogens with two attached hydrogens (primary N) is 1. The number of hydrogen-bond acceptors (Lipinski definition) is 10. The highest BCUT2D eigenvalue weighted by molar-refractivity contribution is 7.90. The van der Waals surface area contributed by atoms with Gasteiger partial charge in [0.25, 0.3) is 10.2 Å². The van der Waals surface area contributed by atoms with Crippen LogP contribution in [0.1, 0.15) is 0 Å². The molecule has 0 bridgehead atoms. The average Bonchev–Trinajstić information content (AvgIpc) is 2.80. The molecule has 2 aromatic carbocycles. The smallest absolute Gasteiger partial charge is 0.296 e. The summed E-state index contributed by atoms with van der Waals surface area (Å²) < 4.78 is 60.9. The molecule has 0 aliphatic rings. The number of halogens is 1. The lowest BCUT2D eigenvalue weighted by molar-refractivity contribution is 0.324. The van der Waals surface area contributed by atoms with Gasteiger partial charge >= 0.3 is 0 Å². The van der Waals surface area contributed by atoms with E-state index >= 15 is 0 Å². The van der Waals surface area contributed by atoms with Crippen molar-refractivity contribution < 1.29 is 31.8 Å². The monoisotopic (exact) mass is 494 g/mol. The molecule has 1 heterocycles. The zero-order valence-corrected chi connectivity index (χ0v) is 19.5. The lowest BCUT2D eigenvalue weighted by atomic mass is 10.2. The summed E-state index contributed by atoms with van der Waals surface area (Å²) in [7, 11) is 1.62. The number of hydrogen-bond donors (Lipinski definition) is 4. The predicted molar refractivity (Wildman–Crippen MR) is 124 cm³/mol. The van der Waals surface area contributed by atoms with E-state index in [1.54, 1.807) is 18.2 Å². The fourth-order valence-corrected chi connectivity index (χ4v) is 3.47. The molecule has 12 nitrogen and oxygen atoms in total. The minimum atomic E-state index is -4.15. The normalized spacial score (nSPS) is 10.9. The van der Waals surface area contributed by atoms with Crippen LogP contribution < -0.4 is 39.4 Å². The Morgan fingerprint density at radius 1 is 0.941 bits per heavy atom. The van der Waals surface area contributed by atoms with Gasteiger partial charge in [0.2, 0.25) is 11.7 Å². The van der Waals surface area contributed by atoms with Crippen molar-refractivity contribution in [3.05, 3.63) is 42.3 Å². The van der Waals surface area contributed by atoms with Crippen LogP contribution in [0.15, 0.2) is 36.5 Å². The van der Waals surface area contributed by atoms with Crippen LogP contribution in [0, 0.1) is 5.82 Å². The molecule has 14 heteroatoms. The number of aromatic nitrogens is 2. The summed E-state index contributed by atoms with van der Waals surface area (Å²) in [5, 5.41) is 10.8. The van der Waals surface area contributed by atoms with Crippen molar-refractivity contribution in [2.45, 2.75) is 0 Å². The van der Waals surface area contributed by atoms with Gasteiger partial charge in [0.1, 0.15) is 11.4 Å². The van der Waals surface area contributed by atoms with Crippen molar-refractivity contribution in [2.24, 2.45) is 5.14 Å². The lowest BCUT2D eigenvalue weighted by Gasteiger charge is -2.17. The quantitative estimate of drug-likeness (QED) is 0.330. The number of nitrogens with one attached hydrogen (secondary N) is 3. The number of anilines is 5. The maximum Gasteiger partial charge on any atom is 0.296 e. The number of nitrogens with zero attached hydrogens (tertiary/aromatic N) is 2. The van der Waals surface area contributed by atoms with E-state index in [0.717, 1.165) is 6.20 Å². The zero-order chi connectivity index (χ0) is 24.9. The topological polar surface area (TPSA) is 159 Å². The SMILES string of the molecule is COc1cccc(Nc2nc(Nc3cc(OC)c(OC)c(OC)c3)ncc2F)c1NS(N)(=O)=O. The molecule has 5 N–H and O–H groups in total. The molecule has 0 amide bonds. The van der Waals surface area contributed by atoms with Crippen LogP contribution in [-0.2, 0) is 10.2 Å². The van der Waals surface area contributed by atoms with E-state index in [1.807, 2.05) is 0 Å². The van der Waals surface area contributed by atoms with Gasteiger partial charge in [-0.15, -0.1) is 0 Å². The Hall–Kier alpha value is -4.04. The van der Waals surface area contributed by atoms with Crippen molar-refractivity contribution in [1.82, 2.24) is 9.97 Å². The second kappa shape index (κ2) is 10.3. The third kappa shape index (κ3) is 5.65. The Labute approximate surface area is 195 Å². The molecule has 34 heavy (non-hydrogen) atoms. The van der Waals surface area contributed by atoms with Crippen LogP contribution in [-0.4, -0.2) is 46.8 Å². The molecule has 182 valence electrons. The van der Waals surface area contributed by atoms with Crippen molar-refractivity contribution in [3.8, 4) is 23.0 Å². The Morgan fingerprint density at radius 2 is 1.59 bits per heavy atom. The van der Waals surface area contributed by atoms with Gasteiger partial charge in [-0.25, -0.2) is 14.5 Å². The van der Waals surface area contributed by atoms with Crippen LogP contribution in [0.3, 0.4) is 0 Å². The Balaban J connectivity index is 1.96. The fourth-order valence-electron chi connectivity index (χ4n) is 2.98. The van der Waals surface area contributed by atoms with Crippen molar-refractivity contribution in [1.29, 1.82) is 0 Å². The molecule has 0 aliphatic carbocycles. The zero-order valence-electron chi connectivity index (χ0n) is 18.7. The molecule has 0 saturated heterocycles. The molecule has 0 unspecified atom stereocenters. The Morgan fingerprint density at radius 3 is 2.15 bits per heavy atom. The number of rotatable bonds is 10. The average molecular weight is 495 g/mol. The van der Waals surface area contributed by atoms with Crippen LogP contribution in [0.4, 0.5) is 33.2 Å². The summed E-state index contributed by atoms with van der Waals surface area (Å²) in [6.45, 7) is 0. The van der Waals surface area contributed by atoms with Crippen LogP contribution >= 0.6 is 0 Å². The van der Waals surface area contributed by atoms with Gasteiger partial charge in [0.05, 0.1) is 40.3 Å². The lowest BCUT2D eigenvalue weighted by Crippen LogP contribution is -2.22. The van der Waals surface area contributed by atoms with Gasteiger partial charge in [-0.2, -0.15) is 13.4 Å². The van der Waals surface area contributed by atoms with E-state index in [1.165, 1.54) is 40.6 Å². The second-order valence-corrected chi connectivity index (χ2v) is 7.88. The van der Waals surface area contributed by atoms with Gasteiger partial charge in [-0.3, -0.25) is 4.72 Å². The maximum absolute atomic E-state index is 14.5. The maximum atomic E-state index is 14.5. The first-order chi connectivity index (χ1) is 16.2. The van der Waals surface area contributed by atoms with Crippen LogP contribution in [0.25, 0.3) is 0 Å². The van der Waals surface area contributed by atoms with Gasteiger partial charge in [-0.1, -0.05) is 6.07 Å². The largest absolute Gasteiger partial charge is 0.494 e. The summed E-state index contributed by atoms with van der Waals surface area (Å²) in [5.41, 5.74) is 0.597. The van der Waals surface area contributed by atoms with E-state index in [9.17, 15) is 12.8 Å². The van der Waals surface area contributed by atoms with Gasteiger partial charge in [0.15, 0.2) is 23.1 Å². The Kier molecular flexibility index (Phi) is 7.43. The molecule has 0 radical (unpaired) electrons. The summed E-state index contributed by atoms with van der Waals surface area (Å²) in [6.07, 6.45) is 0.947. The molecule has 1 aromatic heterocycles. The minimum absolute atomic E-state index is 0.0235. The van der Waals surface area contributed by atoms with Crippen molar-refractivity contribution in [3.63, 3.8) is 0 Å². The highest BCUT2D eigenvalue weighted by atomic mass is 32.2. The number of benzene rings is 2.